The number of carbonyl (C=O) groups excluding carboxylic acids is 2. The normalized spacial score (nSPS) is 10.1. The molecule has 28 heavy (non-hydrogen) atoms. The van der Waals surface area contributed by atoms with Gasteiger partial charge in [0.25, 0.3) is 11.6 Å². The van der Waals surface area contributed by atoms with E-state index in [9.17, 15) is 19.7 Å². The Hall–Kier alpha value is -3.27. The fourth-order valence-corrected chi connectivity index (χ4v) is 2.82. The largest absolute Gasteiger partial charge is 0.497 e. The standard InChI is InChI=1S/C18H18N2O7S/c1-25-12-5-6-15(26-2)13(9-12)19-17(21)10-27-18(22)11-4-7-16(28-3)14(8-11)20(23)24/h4-9H,10H2,1-3H3,(H,19,21). The van der Waals surface area contributed by atoms with Crippen molar-refractivity contribution in [3.05, 3.63) is 52.1 Å². The number of nitrogens with zero attached hydrogens (tertiary/aromatic N) is 1. The van der Waals surface area contributed by atoms with Crippen LogP contribution in [0, 0.1) is 10.1 Å². The maximum atomic E-state index is 12.1. The molecule has 2 aromatic carbocycles. The molecule has 0 saturated carbocycles. The number of ether oxygens (including phenoxy) is 3. The van der Waals surface area contributed by atoms with Gasteiger partial charge in [-0.3, -0.25) is 14.9 Å². The molecule has 0 radical (unpaired) electrons. The van der Waals surface area contributed by atoms with Gasteiger partial charge in [-0.05, 0) is 30.5 Å². The first-order valence-electron chi connectivity index (χ1n) is 7.91. The molecule has 0 aliphatic heterocycles. The van der Waals surface area contributed by atoms with Crippen LogP contribution >= 0.6 is 11.8 Å². The Morgan fingerprint density at radius 3 is 2.50 bits per heavy atom. The van der Waals surface area contributed by atoms with Gasteiger partial charge >= 0.3 is 5.97 Å². The van der Waals surface area contributed by atoms with Crippen LogP contribution in [0.3, 0.4) is 0 Å². The molecule has 0 aliphatic carbocycles. The predicted molar refractivity (Wildman–Crippen MR) is 103 cm³/mol. The first-order chi connectivity index (χ1) is 13.4. The summed E-state index contributed by atoms with van der Waals surface area (Å²) in [6.45, 7) is -0.572. The zero-order valence-corrected chi connectivity index (χ0v) is 16.2. The van der Waals surface area contributed by atoms with Crippen LogP contribution in [0.4, 0.5) is 11.4 Å². The van der Waals surface area contributed by atoms with E-state index in [0.717, 1.165) is 6.07 Å². The van der Waals surface area contributed by atoms with Gasteiger partial charge in [-0.25, -0.2) is 4.79 Å². The fraction of sp³-hybridized carbons (Fsp3) is 0.222. The molecule has 0 fully saturated rings. The molecule has 148 valence electrons. The van der Waals surface area contributed by atoms with E-state index >= 15 is 0 Å². The van der Waals surface area contributed by atoms with Gasteiger partial charge in [-0.1, -0.05) is 0 Å². The van der Waals surface area contributed by atoms with Gasteiger partial charge in [0.2, 0.25) is 0 Å². The van der Waals surface area contributed by atoms with Gasteiger partial charge in [-0.15, -0.1) is 11.8 Å². The highest BCUT2D eigenvalue weighted by Gasteiger charge is 2.19. The van der Waals surface area contributed by atoms with Crippen molar-refractivity contribution in [1.29, 1.82) is 0 Å². The van der Waals surface area contributed by atoms with Crippen molar-refractivity contribution in [2.75, 3.05) is 32.4 Å². The second kappa shape index (κ2) is 9.60. The number of anilines is 1. The highest BCUT2D eigenvalue weighted by Crippen LogP contribution is 2.29. The monoisotopic (exact) mass is 406 g/mol. The first-order valence-corrected chi connectivity index (χ1v) is 9.13. The van der Waals surface area contributed by atoms with Crippen LogP contribution in [0.25, 0.3) is 0 Å². The van der Waals surface area contributed by atoms with E-state index in [-0.39, 0.29) is 11.3 Å². The summed E-state index contributed by atoms with van der Waals surface area (Å²) in [6, 6.07) is 8.83. The SMILES string of the molecule is COc1ccc(OC)c(NC(=O)COC(=O)c2ccc(SC)c([N+](=O)[O-])c2)c1. The van der Waals surface area contributed by atoms with Crippen molar-refractivity contribution >= 4 is 35.0 Å². The van der Waals surface area contributed by atoms with E-state index in [4.69, 9.17) is 14.2 Å². The Kier molecular flexibility index (Phi) is 7.21. The topological polar surface area (TPSA) is 117 Å². The number of nitro groups is 1. The molecular formula is C18H18N2O7S. The minimum Gasteiger partial charge on any atom is -0.497 e. The molecule has 9 nitrogen and oxygen atoms in total. The van der Waals surface area contributed by atoms with Crippen LogP contribution in [0.1, 0.15) is 10.4 Å². The highest BCUT2D eigenvalue weighted by molar-refractivity contribution is 7.98. The van der Waals surface area contributed by atoms with E-state index < -0.39 is 23.4 Å². The van der Waals surface area contributed by atoms with Crippen LogP contribution in [0.2, 0.25) is 0 Å². The van der Waals surface area contributed by atoms with Crippen molar-refractivity contribution in [3.8, 4) is 11.5 Å². The highest BCUT2D eigenvalue weighted by atomic mass is 32.2. The lowest BCUT2D eigenvalue weighted by Gasteiger charge is -2.12. The maximum Gasteiger partial charge on any atom is 0.338 e. The number of thioether (sulfide) groups is 1. The summed E-state index contributed by atoms with van der Waals surface area (Å²) in [5, 5.41) is 13.6. The van der Waals surface area contributed by atoms with Crippen LogP contribution in [0.15, 0.2) is 41.3 Å². The smallest absolute Gasteiger partial charge is 0.338 e. The Morgan fingerprint density at radius 1 is 1.14 bits per heavy atom. The number of esters is 1. The third kappa shape index (κ3) is 5.13. The maximum absolute atomic E-state index is 12.1. The van der Waals surface area contributed by atoms with Gasteiger partial charge in [0.05, 0.1) is 35.3 Å². The van der Waals surface area contributed by atoms with Gasteiger partial charge in [0.1, 0.15) is 11.5 Å². The lowest BCUT2D eigenvalue weighted by Crippen LogP contribution is -2.21. The Bertz CT molecular complexity index is 901. The molecule has 0 unspecified atom stereocenters. The summed E-state index contributed by atoms with van der Waals surface area (Å²) < 4.78 is 15.2. The van der Waals surface area contributed by atoms with E-state index in [0.29, 0.717) is 22.1 Å². The van der Waals surface area contributed by atoms with Crippen LogP contribution in [0.5, 0.6) is 11.5 Å². The minimum absolute atomic E-state index is 0.0174. The van der Waals surface area contributed by atoms with Gasteiger partial charge in [-0.2, -0.15) is 0 Å². The predicted octanol–water partition coefficient (Wildman–Crippen LogP) is 3.13. The minimum atomic E-state index is -0.844. The molecule has 0 spiro atoms. The molecule has 0 aliphatic rings. The summed E-state index contributed by atoms with van der Waals surface area (Å²) in [6.07, 6.45) is 1.69. The zero-order valence-electron chi connectivity index (χ0n) is 15.4. The molecule has 10 heteroatoms. The third-order valence-corrected chi connectivity index (χ3v) is 4.41. The number of amides is 1. The summed E-state index contributed by atoms with van der Waals surface area (Å²) in [5.74, 6) is -0.531. The number of carbonyl (C=O) groups is 2. The molecular weight excluding hydrogens is 388 g/mol. The third-order valence-electron chi connectivity index (χ3n) is 3.63. The Labute approximate surface area is 165 Å². The molecule has 0 saturated heterocycles. The van der Waals surface area contributed by atoms with Crippen LogP contribution < -0.4 is 14.8 Å². The number of nitro benzene ring substituents is 1. The molecule has 1 amide bonds. The average molecular weight is 406 g/mol. The summed E-state index contributed by atoms with van der Waals surface area (Å²) in [4.78, 5) is 35.2. The summed E-state index contributed by atoms with van der Waals surface area (Å²) >= 11 is 1.19. The Morgan fingerprint density at radius 2 is 1.89 bits per heavy atom. The van der Waals surface area contributed by atoms with Gasteiger partial charge < -0.3 is 19.5 Å². The Balaban J connectivity index is 2.04. The van der Waals surface area contributed by atoms with Crippen LogP contribution in [-0.4, -0.2) is 43.9 Å². The molecule has 0 aromatic heterocycles. The lowest BCUT2D eigenvalue weighted by molar-refractivity contribution is -0.387. The van der Waals surface area contributed by atoms with Crippen molar-refractivity contribution in [1.82, 2.24) is 0 Å². The van der Waals surface area contributed by atoms with Crippen LogP contribution in [-0.2, 0) is 9.53 Å². The van der Waals surface area contributed by atoms with E-state index in [1.54, 1.807) is 24.5 Å². The van der Waals surface area contributed by atoms with Gasteiger partial charge in [0, 0.05) is 12.1 Å². The van der Waals surface area contributed by atoms with E-state index in [1.807, 2.05) is 0 Å². The average Bonchev–Trinajstić information content (AvgIpc) is 2.71. The number of hydrogen-bond acceptors (Lipinski definition) is 8. The summed E-state index contributed by atoms with van der Waals surface area (Å²) in [7, 11) is 2.93. The van der Waals surface area contributed by atoms with Crippen molar-refractivity contribution in [2.45, 2.75) is 4.90 Å². The summed E-state index contributed by atoms with van der Waals surface area (Å²) in [5.41, 5.74) is 0.131. The number of methoxy groups -OCH3 is 2. The van der Waals surface area contributed by atoms with Crippen molar-refractivity contribution in [2.24, 2.45) is 0 Å². The quantitative estimate of drug-likeness (QED) is 0.308. The lowest BCUT2D eigenvalue weighted by atomic mass is 10.2. The van der Waals surface area contributed by atoms with Crippen molar-refractivity contribution in [3.63, 3.8) is 0 Å². The second-order valence-electron chi connectivity index (χ2n) is 5.33. The molecule has 2 rings (SSSR count). The first kappa shape index (κ1) is 21.0. The molecule has 0 atom stereocenters. The number of rotatable bonds is 8. The van der Waals surface area contributed by atoms with E-state index in [1.165, 1.54) is 38.1 Å². The zero-order chi connectivity index (χ0) is 20.7. The number of benzene rings is 2. The molecule has 2 aromatic rings. The van der Waals surface area contributed by atoms with Crippen molar-refractivity contribution < 1.29 is 28.7 Å². The van der Waals surface area contributed by atoms with Gasteiger partial charge in [0.15, 0.2) is 6.61 Å². The van der Waals surface area contributed by atoms with E-state index in [2.05, 4.69) is 5.32 Å². The number of hydrogen-bond donors (Lipinski definition) is 1. The molecule has 0 bridgehead atoms. The fourth-order valence-electron chi connectivity index (χ4n) is 2.27. The molecule has 1 N–H and O–H groups in total. The number of nitrogens with one attached hydrogen (secondary N) is 1. The second-order valence-corrected chi connectivity index (χ2v) is 6.18. The molecule has 0 heterocycles.